The number of thiophene rings is 1. The summed E-state index contributed by atoms with van der Waals surface area (Å²) in [6.45, 7) is 0.737. The zero-order chi connectivity index (χ0) is 30.8. The predicted octanol–water partition coefficient (Wildman–Crippen LogP) is 8.05. The molecule has 0 bridgehead atoms. The molecular formula is C36H29ClF2N2O3S. The Hall–Kier alpha value is -4.63. The van der Waals surface area contributed by atoms with Crippen molar-refractivity contribution in [2.24, 2.45) is 0 Å². The minimum atomic E-state index is -0.717. The van der Waals surface area contributed by atoms with Gasteiger partial charge < -0.3 is 9.67 Å². The van der Waals surface area contributed by atoms with Crippen LogP contribution in [0.3, 0.4) is 0 Å². The number of rotatable bonds is 9. The van der Waals surface area contributed by atoms with Gasteiger partial charge in [-0.3, -0.25) is 14.5 Å². The predicted molar refractivity (Wildman–Crippen MR) is 177 cm³/mol. The second-order valence-corrected chi connectivity index (χ2v) is 11.7. The van der Waals surface area contributed by atoms with Crippen LogP contribution in [0.5, 0.6) is 5.75 Å². The molecule has 228 valence electrons. The summed E-state index contributed by atoms with van der Waals surface area (Å²) in [5.41, 5.74) is 2.21. The van der Waals surface area contributed by atoms with Gasteiger partial charge in [-0.2, -0.15) is 0 Å². The molecule has 0 aliphatic carbocycles. The van der Waals surface area contributed by atoms with Gasteiger partial charge in [0.2, 0.25) is 5.43 Å². The van der Waals surface area contributed by atoms with Gasteiger partial charge >= 0.3 is 0 Å². The Labute approximate surface area is 269 Å². The van der Waals surface area contributed by atoms with Crippen molar-refractivity contribution >= 4 is 39.7 Å². The number of benzene rings is 4. The number of carbonyl (C=O) groups is 1. The molecule has 0 saturated heterocycles. The molecule has 4 aromatic carbocycles. The van der Waals surface area contributed by atoms with Crippen molar-refractivity contribution < 1.29 is 18.7 Å². The van der Waals surface area contributed by atoms with Crippen LogP contribution >= 0.6 is 23.7 Å². The molecule has 0 amide bonds. The molecule has 1 N–H and O–H groups in total. The van der Waals surface area contributed by atoms with Crippen LogP contribution in [0.2, 0.25) is 0 Å². The van der Waals surface area contributed by atoms with E-state index in [4.69, 9.17) is 0 Å². The van der Waals surface area contributed by atoms with E-state index in [0.717, 1.165) is 16.0 Å². The van der Waals surface area contributed by atoms with E-state index < -0.39 is 22.8 Å². The molecule has 0 unspecified atom stereocenters. The van der Waals surface area contributed by atoms with E-state index in [1.807, 2.05) is 37.4 Å². The lowest BCUT2D eigenvalue weighted by molar-refractivity contribution is 0.103. The van der Waals surface area contributed by atoms with Crippen LogP contribution in [0.1, 0.15) is 32.6 Å². The SMILES string of the molecule is CN(Cc1ccccc1)Cc1c(-c2ccc(O)cc2)sc2c1c(=O)c(C(=O)c1ccccc1)cn2Cc1c(F)cccc1F.Cl. The van der Waals surface area contributed by atoms with Gasteiger partial charge in [-0.15, -0.1) is 23.7 Å². The number of nitrogens with zero attached hydrogens (tertiary/aromatic N) is 2. The Balaban J connectivity index is 0.00000400. The minimum absolute atomic E-state index is 0. The summed E-state index contributed by atoms with van der Waals surface area (Å²) < 4.78 is 31.4. The number of fused-ring (bicyclic) bond motifs is 1. The molecule has 0 spiro atoms. The van der Waals surface area contributed by atoms with Gasteiger partial charge in [0.15, 0.2) is 5.78 Å². The van der Waals surface area contributed by atoms with E-state index in [0.29, 0.717) is 34.4 Å². The van der Waals surface area contributed by atoms with Gasteiger partial charge in [0.25, 0.3) is 0 Å². The van der Waals surface area contributed by atoms with Crippen molar-refractivity contribution in [1.82, 2.24) is 9.47 Å². The van der Waals surface area contributed by atoms with Crippen molar-refractivity contribution in [3.05, 3.63) is 159 Å². The maximum Gasteiger partial charge on any atom is 0.201 e. The van der Waals surface area contributed by atoms with E-state index in [1.54, 1.807) is 59.2 Å². The monoisotopic (exact) mass is 642 g/mol. The number of pyridine rings is 1. The number of carbonyl (C=O) groups excluding carboxylic acids is 1. The van der Waals surface area contributed by atoms with Gasteiger partial charge in [-0.05, 0) is 60.1 Å². The van der Waals surface area contributed by atoms with Gasteiger partial charge in [0.1, 0.15) is 22.2 Å². The highest BCUT2D eigenvalue weighted by Gasteiger charge is 2.25. The second kappa shape index (κ2) is 13.6. The summed E-state index contributed by atoms with van der Waals surface area (Å²) in [4.78, 5) is 31.4. The van der Waals surface area contributed by atoms with Crippen LogP contribution in [0, 0.1) is 11.6 Å². The topological polar surface area (TPSA) is 62.5 Å². The van der Waals surface area contributed by atoms with E-state index in [1.165, 1.54) is 35.7 Å². The fourth-order valence-electron chi connectivity index (χ4n) is 5.39. The Morgan fingerprint density at radius 2 is 1.44 bits per heavy atom. The summed E-state index contributed by atoms with van der Waals surface area (Å²) in [5, 5.41) is 10.3. The van der Waals surface area contributed by atoms with Crippen molar-refractivity contribution in [1.29, 1.82) is 0 Å². The fourth-order valence-corrected chi connectivity index (χ4v) is 6.68. The standard InChI is InChI=1S/C36H28F2N2O3S.ClH/c1-39(19-23-9-4-2-5-10-23)20-28-32-34(43)29(33(42)24-11-6-3-7-12-24)22-40(21-27-30(37)13-8-14-31(27)38)36(32)44-35(28)25-15-17-26(41)18-16-25;/h2-18,22,41H,19-21H2,1H3;1H. The molecule has 2 aromatic heterocycles. The Morgan fingerprint density at radius 1 is 0.822 bits per heavy atom. The zero-order valence-corrected chi connectivity index (χ0v) is 25.9. The first-order valence-electron chi connectivity index (χ1n) is 14.0. The van der Waals surface area contributed by atoms with Crippen molar-refractivity contribution in [2.75, 3.05) is 7.05 Å². The molecule has 0 fully saturated rings. The first-order chi connectivity index (χ1) is 21.3. The number of aromatic nitrogens is 1. The number of aromatic hydroxyl groups is 1. The number of phenolic OH excluding ortho intramolecular Hbond substituents is 1. The van der Waals surface area contributed by atoms with Crippen molar-refractivity contribution in [3.8, 4) is 16.2 Å². The third-order valence-corrected chi connectivity index (χ3v) is 8.85. The van der Waals surface area contributed by atoms with Gasteiger partial charge in [-0.25, -0.2) is 8.78 Å². The highest BCUT2D eigenvalue weighted by Crippen LogP contribution is 2.39. The quantitative estimate of drug-likeness (QED) is 0.162. The van der Waals surface area contributed by atoms with Crippen LogP contribution in [0.4, 0.5) is 8.78 Å². The molecule has 5 nitrogen and oxygen atoms in total. The fraction of sp³-hybridized carbons (Fsp3) is 0.111. The average Bonchev–Trinajstić information content (AvgIpc) is 3.40. The third-order valence-electron chi connectivity index (χ3n) is 7.53. The first kappa shape index (κ1) is 31.8. The first-order valence-corrected chi connectivity index (χ1v) is 14.8. The molecule has 6 aromatic rings. The van der Waals surface area contributed by atoms with Crippen LogP contribution in [0.25, 0.3) is 20.7 Å². The average molecular weight is 643 g/mol. The summed E-state index contributed by atoms with van der Waals surface area (Å²) in [6.07, 6.45) is 1.42. The van der Waals surface area contributed by atoms with Crippen LogP contribution < -0.4 is 5.43 Å². The lowest BCUT2D eigenvalue weighted by Crippen LogP contribution is -2.22. The molecule has 6 rings (SSSR count). The van der Waals surface area contributed by atoms with Gasteiger partial charge in [-0.1, -0.05) is 66.7 Å². The van der Waals surface area contributed by atoms with Gasteiger partial charge in [0, 0.05) is 35.3 Å². The van der Waals surface area contributed by atoms with Crippen LogP contribution in [-0.2, 0) is 19.6 Å². The molecule has 0 atom stereocenters. The highest BCUT2D eigenvalue weighted by atomic mass is 35.5. The molecule has 0 aliphatic rings. The molecular weight excluding hydrogens is 614 g/mol. The van der Waals surface area contributed by atoms with E-state index in [2.05, 4.69) is 4.90 Å². The summed E-state index contributed by atoms with van der Waals surface area (Å²) >= 11 is 1.32. The Morgan fingerprint density at radius 3 is 2.09 bits per heavy atom. The van der Waals surface area contributed by atoms with Crippen molar-refractivity contribution in [3.63, 3.8) is 0 Å². The van der Waals surface area contributed by atoms with Crippen LogP contribution in [0.15, 0.2) is 114 Å². The Kier molecular flexibility index (Phi) is 9.58. The largest absolute Gasteiger partial charge is 0.508 e. The molecule has 0 aliphatic heterocycles. The van der Waals surface area contributed by atoms with Crippen molar-refractivity contribution in [2.45, 2.75) is 19.6 Å². The number of ketones is 1. The molecule has 0 saturated carbocycles. The highest BCUT2D eigenvalue weighted by molar-refractivity contribution is 7.22. The summed E-state index contributed by atoms with van der Waals surface area (Å²) in [7, 11) is 1.95. The zero-order valence-electron chi connectivity index (χ0n) is 24.2. The third kappa shape index (κ3) is 6.59. The summed E-state index contributed by atoms with van der Waals surface area (Å²) in [5.74, 6) is -1.80. The smallest absolute Gasteiger partial charge is 0.201 e. The molecule has 45 heavy (non-hydrogen) atoms. The lowest BCUT2D eigenvalue weighted by atomic mass is 10.0. The Bertz CT molecular complexity index is 2010. The number of hydrogen-bond donors (Lipinski definition) is 1. The number of halogens is 3. The normalized spacial score (nSPS) is 11.1. The van der Waals surface area contributed by atoms with E-state index in [9.17, 15) is 23.5 Å². The maximum atomic E-state index is 14.9. The maximum absolute atomic E-state index is 14.9. The molecule has 2 heterocycles. The number of phenols is 1. The van der Waals surface area contributed by atoms with E-state index >= 15 is 0 Å². The number of hydrogen-bond acceptors (Lipinski definition) is 5. The molecule has 9 heteroatoms. The van der Waals surface area contributed by atoms with Crippen LogP contribution in [-0.4, -0.2) is 27.4 Å². The minimum Gasteiger partial charge on any atom is -0.508 e. The molecule has 0 radical (unpaired) electrons. The second-order valence-electron chi connectivity index (χ2n) is 10.7. The van der Waals surface area contributed by atoms with E-state index in [-0.39, 0.29) is 35.8 Å². The van der Waals surface area contributed by atoms with Gasteiger partial charge in [0.05, 0.1) is 17.5 Å². The summed E-state index contributed by atoms with van der Waals surface area (Å²) in [6, 6.07) is 28.8. The lowest BCUT2D eigenvalue weighted by Gasteiger charge is -2.18.